The van der Waals surface area contributed by atoms with Gasteiger partial charge >= 0.3 is 0 Å². The topological polar surface area (TPSA) is 28.6 Å². The maximum Gasteiger partial charge on any atom is 0.147 e. The number of piperazine rings is 1. The Hall–Kier alpha value is -0.840. The Kier molecular flexibility index (Phi) is 4.80. The van der Waals surface area contributed by atoms with Crippen molar-refractivity contribution in [3.8, 4) is 0 Å². The summed E-state index contributed by atoms with van der Waals surface area (Å²) < 4.78 is 5.20. The van der Waals surface area contributed by atoms with Crippen molar-refractivity contribution in [2.75, 3.05) is 44.8 Å². The average molecular weight is 270 g/mol. The molecule has 1 saturated heterocycles. The maximum absolute atomic E-state index is 6.17. The SMILES string of the molecule is COCC(C)N1CCN(c2ncccc2Cl)CC1. The Morgan fingerprint density at radius 2 is 2.11 bits per heavy atom. The first-order chi connectivity index (χ1) is 8.72. The number of pyridine rings is 1. The minimum absolute atomic E-state index is 0.469. The van der Waals surface area contributed by atoms with Crippen molar-refractivity contribution in [1.29, 1.82) is 0 Å². The molecule has 0 spiro atoms. The molecule has 1 aromatic heterocycles. The largest absolute Gasteiger partial charge is 0.383 e. The van der Waals surface area contributed by atoms with Crippen molar-refractivity contribution in [1.82, 2.24) is 9.88 Å². The first-order valence-corrected chi connectivity index (χ1v) is 6.68. The minimum atomic E-state index is 0.469. The van der Waals surface area contributed by atoms with Crippen molar-refractivity contribution in [3.63, 3.8) is 0 Å². The van der Waals surface area contributed by atoms with E-state index in [4.69, 9.17) is 16.3 Å². The summed E-state index contributed by atoms with van der Waals surface area (Å²) in [6, 6.07) is 4.23. The van der Waals surface area contributed by atoms with Crippen LogP contribution in [0.5, 0.6) is 0 Å². The Morgan fingerprint density at radius 3 is 2.72 bits per heavy atom. The van der Waals surface area contributed by atoms with Gasteiger partial charge in [-0.15, -0.1) is 0 Å². The fourth-order valence-corrected chi connectivity index (χ4v) is 2.57. The second-order valence-electron chi connectivity index (χ2n) is 4.64. The average Bonchev–Trinajstić information content (AvgIpc) is 2.40. The lowest BCUT2D eigenvalue weighted by molar-refractivity contribution is 0.0952. The molecule has 100 valence electrons. The van der Waals surface area contributed by atoms with Crippen LogP contribution in [0.3, 0.4) is 0 Å². The van der Waals surface area contributed by atoms with E-state index in [2.05, 4.69) is 21.7 Å². The van der Waals surface area contributed by atoms with Crippen LogP contribution < -0.4 is 4.90 Å². The lowest BCUT2D eigenvalue weighted by Gasteiger charge is -2.38. The molecule has 1 aromatic rings. The quantitative estimate of drug-likeness (QED) is 0.835. The Labute approximate surface area is 114 Å². The van der Waals surface area contributed by atoms with E-state index in [9.17, 15) is 0 Å². The number of ether oxygens (including phenoxy) is 1. The van der Waals surface area contributed by atoms with E-state index in [-0.39, 0.29) is 0 Å². The van der Waals surface area contributed by atoms with Crippen LogP contribution in [0.15, 0.2) is 18.3 Å². The molecule has 1 unspecified atom stereocenters. The van der Waals surface area contributed by atoms with Crippen LogP contribution in [-0.2, 0) is 4.74 Å². The molecule has 0 radical (unpaired) electrons. The zero-order valence-electron chi connectivity index (χ0n) is 11.0. The van der Waals surface area contributed by atoms with Gasteiger partial charge in [0.05, 0.1) is 11.6 Å². The van der Waals surface area contributed by atoms with E-state index < -0.39 is 0 Å². The number of aromatic nitrogens is 1. The van der Waals surface area contributed by atoms with Crippen LogP contribution in [0.25, 0.3) is 0 Å². The third kappa shape index (κ3) is 3.13. The van der Waals surface area contributed by atoms with Gasteiger partial charge in [-0.3, -0.25) is 4.90 Å². The number of hydrogen-bond acceptors (Lipinski definition) is 4. The number of anilines is 1. The van der Waals surface area contributed by atoms with Crippen LogP contribution in [0.1, 0.15) is 6.92 Å². The molecule has 0 N–H and O–H groups in total. The highest BCUT2D eigenvalue weighted by Gasteiger charge is 2.22. The summed E-state index contributed by atoms with van der Waals surface area (Å²) in [5.74, 6) is 0.901. The van der Waals surface area contributed by atoms with Gasteiger partial charge < -0.3 is 9.64 Å². The third-order valence-electron chi connectivity index (χ3n) is 3.38. The van der Waals surface area contributed by atoms with Gasteiger partial charge in [0.2, 0.25) is 0 Å². The van der Waals surface area contributed by atoms with Crippen molar-refractivity contribution >= 4 is 17.4 Å². The second-order valence-corrected chi connectivity index (χ2v) is 5.04. The van der Waals surface area contributed by atoms with Crippen molar-refractivity contribution < 1.29 is 4.74 Å². The van der Waals surface area contributed by atoms with Gasteiger partial charge in [0.25, 0.3) is 0 Å². The summed E-state index contributed by atoms with van der Waals surface area (Å²) >= 11 is 6.17. The van der Waals surface area contributed by atoms with Crippen molar-refractivity contribution in [2.24, 2.45) is 0 Å². The fourth-order valence-electron chi connectivity index (χ4n) is 2.33. The summed E-state index contributed by atoms with van der Waals surface area (Å²) in [5.41, 5.74) is 0. The van der Waals surface area contributed by atoms with Gasteiger partial charge in [0, 0.05) is 45.5 Å². The van der Waals surface area contributed by atoms with Crippen LogP contribution in [0.4, 0.5) is 5.82 Å². The Balaban J connectivity index is 1.93. The number of hydrogen-bond donors (Lipinski definition) is 0. The van der Waals surface area contributed by atoms with E-state index in [1.165, 1.54) is 0 Å². The molecular weight excluding hydrogens is 250 g/mol. The lowest BCUT2D eigenvalue weighted by atomic mass is 10.2. The molecule has 0 bridgehead atoms. The van der Waals surface area contributed by atoms with Crippen LogP contribution in [-0.4, -0.2) is 55.8 Å². The van der Waals surface area contributed by atoms with E-state index in [0.29, 0.717) is 6.04 Å². The molecule has 0 aromatic carbocycles. The maximum atomic E-state index is 6.17. The molecule has 0 aliphatic carbocycles. The molecule has 0 amide bonds. The predicted molar refractivity (Wildman–Crippen MR) is 74.4 cm³/mol. The second kappa shape index (κ2) is 6.36. The van der Waals surface area contributed by atoms with Gasteiger partial charge in [-0.1, -0.05) is 11.6 Å². The Morgan fingerprint density at radius 1 is 1.39 bits per heavy atom. The summed E-state index contributed by atoms with van der Waals surface area (Å²) in [5, 5.41) is 0.732. The van der Waals surface area contributed by atoms with Crippen LogP contribution in [0, 0.1) is 0 Å². The number of halogens is 1. The highest BCUT2D eigenvalue weighted by molar-refractivity contribution is 6.32. The van der Waals surface area contributed by atoms with Crippen LogP contribution >= 0.6 is 11.6 Å². The molecule has 1 aliphatic rings. The van der Waals surface area contributed by atoms with Crippen molar-refractivity contribution in [3.05, 3.63) is 23.4 Å². The lowest BCUT2D eigenvalue weighted by Crippen LogP contribution is -2.51. The molecule has 4 nitrogen and oxygen atoms in total. The molecule has 1 atom stereocenters. The molecule has 0 saturated carbocycles. The van der Waals surface area contributed by atoms with Crippen molar-refractivity contribution in [2.45, 2.75) is 13.0 Å². The van der Waals surface area contributed by atoms with E-state index in [1.807, 2.05) is 12.1 Å². The molecule has 2 rings (SSSR count). The smallest absolute Gasteiger partial charge is 0.147 e. The zero-order valence-corrected chi connectivity index (χ0v) is 11.7. The normalized spacial score (nSPS) is 18.9. The monoisotopic (exact) mass is 269 g/mol. The van der Waals surface area contributed by atoms with Gasteiger partial charge in [0.1, 0.15) is 5.82 Å². The minimum Gasteiger partial charge on any atom is -0.383 e. The standard InChI is InChI=1S/C13H20ClN3O/c1-11(10-18-2)16-6-8-17(9-7-16)13-12(14)4-3-5-15-13/h3-5,11H,6-10H2,1-2H3. The summed E-state index contributed by atoms with van der Waals surface area (Å²) in [6.45, 7) is 6.96. The van der Waals surface area contributed by atoms with E-state index in [1.54, 1.807) is 13.3 Å². The highest BCUT2D eigenvalue weighted by Crippen LogP contribution is 2.23. The third-order valence-corrected chi connectivity index (χ3v) is 3.68. The molecule has 2 heterocycles. The number of nitrogens with zero attached hydrogens (tertiary/aromatic N) is 3. The molecular formula is C13H20ClN3O. The Bertz CT molecular complexity index is 380. The molecule has 1 aliphatic heterocycles. The molecule has 18 heavy (non-hydrogen) atoms. The zero-order chi connectivity index (χ0) is 13.0. The fraction of sp³-hybridized carbons (Fsp3) is 0.615. The number of methoxy groups -OCH3 is 1. The van der Waals surface area contributed by atoms with Crippen LogP contribution in [0.2, 0.25) is 5.02 Å². The van der Waals surface area contributed by atoms with Gasteiger partial charge in [0.15, 0.2) is 0 Å². The molecule has 5 heteroatoms. The van der Waals surface area contributed by atoms with Gasteiger partial charge in [-0.25, -0.2) is 4.98 Å². The predicted octanol–water partition coefficient (Wildman–Crippen LogP) is 1.89. The first-order valence-electron chi connectivity index (χ1n) is 6.31. The van der Waals surface area contributed by atoms with E-state index in [0.717, 1.165) is 43.6 Å². The highest BCUT2D eigenvalue weighted by atomic mass is 35.5. The molecule has 1 fully saturated rings. The van der Waals surface area contributed by atoms with Gasteiger partial charge in [-0.05, 0) is 19.1 Å². The summed E-state index contributed by atoms with van der Waals surface area (Å²) in [7, 11) is 1.75. The summed E-state index contributed by atoms with van der Waals surface area (Å²) in [6.07, 6.45) is 1.79. The number of rotatable bonds is 4. The first kappa shape index (κ1) is 13.6. The summed E-state index contributed by atoms with van der Waals surface area (Å²) in [4.78, 5) is 9.05. The van der Waals surface area contributed by atoms with Gasteiger partial charge in [-0.2, -0.15) is 0 Å². The van der Waals surface area contributed by atoms with E-state index >= 15 is 0 Å².